The summed E-state index contributed by atoms with van der Waals surface area (Å²) < 4.78 is 7.05. The molecule has 0 saturated heterocycles. The number of rotatable bonds is 3. The van der Waals surface area contributed by atoms with Gasteiger partial charge < -0.3 is 0 Å². The summed E-state index contributed by atoms with van der Waals surface area (Å²) in [6.07, 6.45) is 0. The van der Waals surface area contributed by atoms with Crippen molar-refractivity contribution >= 4 is 82.1 Å². The van der Waals surface area contributed by atoms with Crippen LogP contribution in [0.5, 0.6) is 0 Å². The zero-order valence-electron chi connectivity index (χ0n) is 29.3. The Morgan fingerprint density at radius 3 is 1.93 bits per heavy atom. The number of para-hydroxylation sites is 6. The Kier molecular flexibility index (Phi) is 5.89. The first-order valence-electron chi connectivity index (χ1n) is 18.3. The quantitative estimate of drug-likeness (QED) is 0.185. The van der Waals surface area contributed by atoms with Gasteiger partial charge in [-0.2, -0.15) is 0 Å². The van der Waals surface area contributed by atoms with Crippen LogP contribution in [0, 0.1) is 6.92 Å². The average molecular weight is 691 g/mol. The third kappa shape index (κ3) is 3.91. The van der Waals surface area contributed by atoms with Crippen LogP contribution in [0.3, 0.4) is 0 Å². The van der Waals surface area contributed by atoms with Crippen molar-refractivity contribution in [2.45, 2.75) is 6.92 Å². The normalized spacial score (nSPS) is 12.2. The van der Waals surface area contributed by atoms with Crippen LogP contribution in [0.2, 0.25) is 0 Å². The molecule has 5 heterocycles. The van der Waals surface area contributed by atoms with E-state index in [1.165, 1.54) is 16.3 Å². The number of imidazole rings is 1. The molecule has 6 heteroatoms. The first kappa shape index (κ1) is 29.3. The molecule has 0 aliphatic heterocycles. The molecule has 0 saturated carbocycles. The summed E-state index contributed by atoms with van der Waals surface area (Å²) in [5, 5.41) is 7.86. The molecule has 5 aromatic heterocycles. The Hall–Kier alpha value is -7.31. The highest BCUT2D eigenvalue weighted by molar-refractivity contribution is 6.31. The predicted octanol–water partition coefficient (Wildman–Crippen LogP) is 11.8. The van der Waals surface area contributed by atoms with E-state index in [2.05, 4.69) is 184 Å². The highest BCUT2D eigenvalue weighted by Crippen LogP contribution is 2.45. The highest BCUT2D eigenvalue weighted by atomic mass is 15.2. The van der Waals surface area contributed by atoms with Gasteiger partial charge in [0, 0.05) is 38.2 Å². The van der Waals surface area contributed by atoms with E-state index >= 15 is 0 Å². The van der Waals surface area contributed by atoms with Crippen LogP contribution in [-0.2, 0) is 0 Å². The fourth-order valence-corrected chi connectivity index (χ4v) is 8.83. The molecule has 252 valence electrons. The van der Waals surface area contributed by atoms with Crippen molar-refractivity contribution in [1.82, 2.24) is 28.5 Å². The number of aromatic nitrogens is 6. The van der Waals surface area contributed by atoms with Crippen molar-refractivity contribution < 1.29 is 0 Å². The molecule has 12 aromatic rings. The molecule has 0 unspecified atom stereocenters. The molecule has 0 atom stereocenters. The van der Waals surface area contributed by atoms with Crippen molar-refractivity contribution in [2.75, 3.05) is 0 Å². The molecule has 7 aromatic carbocycles. The Morgan fingerprint density at radius 2 is 1.11 bits per heavy atom. The van der Waals surface area contributed by atoms with Crippen LogP contribution >= 0.6 is 0 Å². The fourth-order valence-electron chi connectivity index (χ4n) is 8.83. The monoisotopic (exact) mass is 690 g/mol. The van der Waals surface area contributed by atoms with E-state index in [0.29, 0.717) is 5.95 Å². The lowest BCUT2D eigenvalue weighted by atomic mass is 10.0. The minimum Gasteiger partial charge on any atom is -0.295 e. The van der Waals surface area contributed by atoms with Crippen molar-refractivity contribution in [3.8, 4) is 22.9 Å². The standard InChI is InChI=1S/C48H30N6/c1-29-14-13-15-30(28-29)44-34-19-5-8-21-37(34)50-48(51-44)53-39-23-10-6-18-32(39)33-26-27-36-42-35-20-7-11-24-40(35)52(31-16-3-2-4-17-31)47(42)54-41-25-12-9-22-38(41)49-46(54)43(36)45(33)53/h2-28H,1H3. The second-order valence-electron chi connectivity index (χ2n) is 14.1. The average Bonchev–Trinajstić information content (AvgIpc) is 3.89. The second-order valence-corrected chi connectivity index (χ2v) is 14.1. The molecular formula is C48H30N6. The van der Waals surface area contributed by atoms with Gasteiger partial charge in [0.15, 0.2) is 0 Å². The van der Waals surface area contributed by atoms with Crippen molar-refractivity contribution in [1.29, 1.82) is 0 Å². The van der Waals surface area contributed by atoms with E-state index in [-0.39, 0.29) is 0 Å². The topological polar surface area (TPSA) is 52.9 Å². The Labute approximate surface area is 308 Å². The lowest BCUT2D eigenvalue weighted by molar-refractivity contribution is 1.02. The first-order valence-corrected chi connectivity index (χ1v) is 18.3. The smallest absolute Gasteiger partial charge is 0.235 e. The third-order valence-electron chi connectivity index (χ3n) is 11.0. The summed E-state index contributed by atoms with van der Waals surface area (Å²) >= 11 is 0. The van der Waals surface area contributed by atoms with Gasteiger partial charge in [-0.05, 0) is 60.8 Å². The number of nitrogens with zero attached hydrogens (tertiary/aromatic N) is 6. The molecule has 0 amide bonds. The molecule has 0 aliphatic carbocycles. The van der Waals surface area contributed by atoms with Crippen LogP contribution in [0.1, 0.15) is 5.56 Å². The zero-order chi connectivity index (χ0) is 35.5. The number of aryl methyl sites for hydroxylation is 1. The zero-order valence-corrected chi connectivity index (χ0v) is 29.3. The van der Waals surface area contributed by atoms with Crippen LogP contribution in [-0.4, -0.2) is 28.5 Å². The van der Waals surface area contributed by atoms with Gasteiger partial charge >= 0.3 is 0 Å². The predicted molar refractivity (Wildman–Crippen MR) is 222 cm³/mol. The first-order chi connectivity index (χ1) is 26.7. The number of pyridine rings is 1. The van der Waals surface area contributed by atoms with E-state index in [1.54, 1.807) is 0 Å². The fraction of sp³-hybridized carbons (Fsp3) is 0.0208. The molecule has 0 fully saturated rings. The van der Waals surface area contributed by atoms with Crippen molar-refractivity contribution in [3.63, 3.8) is 0 Å². The molecule has 0 bridgehead atoms. The molecular weight excluding hydrogens is 661 g/mol. The van der Waals surface area contributed by atoms with Gasteiger partial charge in [0.25, 0.3) is 0 Å². The molecule has 0 N–H and O–H groups in total. The number of hydrogen-bond acceptors (Lipinski definition) is 3. The van der Waals surface area contributed by atoms with Gasteiger partial charge in [-0.25, -0.2) is 15.0 Å². The number of fused-ring (bicyclic) bond motifs is 15. The van der Waals surface area contributed by atoms with Crippen LogP contribution in [0.25, 0.3) is 105 Å². The highest BCUT2D eigenvalue weighted by Gasteiger charge is 2.26. The van der Waals surface area contributed by atoms with Gasteiger partial charge in [0.05, 0.1) is 44.2 Å². The van der Waals surface area contributed by atoms with Crippen LogP contribution in [0.15, 0.2) is 164 Å². The van der Waals surface area contributed by atoms with Gasteiger partial charge in [-0.3, -0.25) is 13.5 Å². The van der Waals surface area contributed by atoms with Gasteiger partial charge in [0.1, 0.15) is 11.3 Å². The number of benzene rings is 7. The second kappa shape index (κ2) is 10.9. The lowest BCUT2D eigenvalue weighted by Gasteiger charge is -2.14. The van der Waals surface area contributed by atoms with E-state index in [1.807, 2.05) is 0 Å². The molecule has 0 aliphatic rings. The summed E-state index contributed by atoms with van der Waals surface area (Å²) in [6, 6.07) is 58.0. The molecule has 0 spiro atoms. The summed E-state index contributed by atoms with van der Waals surface area (Å²) in [4.78, 5) is 16.3. The maximum atomic E-state index is 5.47. The van der Waals surface area contributed by atoms with Crippen molar-refractivity contribution in [2.24, 2.45) is 0 Å². The van der Waals surface area contributed by atoms with E-state index < -0.39 is 0 Å². The Bertz CT molecular complexity index is 3510. The SMILES string of the molecule is Cc1cccc(-c2nc(-n3c4ccccc4c4ccc5c(c43)c3nc4ccccc4n3c3c5c4ccccc4n3-c3ccccc3)nc3ccccc23)c1. The minimum absolute atomic E-state index is 0.630. The maximum absolute atomic E-state index is 5.47. The summed E-state index contributed by atoms with van der Waals surface area (Å²) in [7, 11) is 0. The number of hydrogen-bond donors (Lipinski definition) is 0. The third-order valence-corrected chi connectivity index (χ3v) is 11.0. The lowest BCUT2D eigenvalue weighted by Crippen LogP contribution is -2.04. The van der Waals surface area contributed by atoms with Gasteiger partial charge in [-0.1, -0.05) is 121 Å². The maximum Gasteiger partial charge on any atom is 0.235 e. The van der Waals surface area contributed by atoms with Crippen LogP contribution < -0.4 is 0 Å². The van der Waals surface area contributed by atoms with Gasteiger partial charge in [0.2, 0.25) is 5.95 Å². The van der Waals surface area contributed by atoms with Crippen LogP contribution in [0.4, 0.5) is 0 Å². The van der Waals surface area contributed by atoms with E-state index in [9.17, 15) is 0 Å². The molecule has 0 radical (unpaired) electrons. The summed E-state index contributed by atoms with van der Waals surface area (Å²) in [6.45, 7) is 2.13. The molecule has 6 nitrogen and oxygen atoms in total. The van der Waals surface area contributed by atoms with Gasteiger partial charge in [-0.15, -0.1) is 0 Å². The van der Waals surface area contributed by atoms with E-state index in [4.69, 9.17) is 15.0 Å². The van der Waals surface area contributed by atoms with E-state index in [0.717, 1.165) is 88.3 Å². The Balaban J connectivity index is 1.34. The molecule has 54 heavy (non-hydrogen) atoms. The molecule has 12 rings (SSSR count). The Morgan fingerprint density at radius 1 is 0.444 bits per heavy atom. The van der Waals surface area contributed by atoms with Crippen molar-refractivity contribution in [3.05, 3.63) is 169 Å². The largest absolute Gasteiger partial charge is 0.295 e. The summed E-state index contributed by atoms with van der Waals surface area (Å²) in [5.74, 6) is 0.630. The summed E-state index contributed by atoms with van der Waals surface area (Å²) in [5.41, 5.74) is 12.4. The minimum atomic E-state index is 0.630.